The second-order valence-electron chi connectivity index (χ2n) is 9.89. The first kappa shape index (κ1) is 26.9. The molecule has 2 aromatic rings. The fraction of sp³-hybridized carbons (Fsp3) is 0.500. The molecule has 0 fully saturated rings. The van der Waals surface area contributed by atoms with Gasteiger partial charge in [-0.2, -0.15) is 0 Å². The number of benzene rings is 1. The number of fused-ring (bicyclic) bond motifs is 1. The third kappa shape index (κ3) is 6.71. The Bertz CT molecular complexity index is 1160. The number of hydrogen-bond acceptors (Lipinski definition) is 7. The maximum Gasteiger partial charge on any atom is 0.413 e. The van der Waals surface area contributed by atoms with Gasteiger partial charge in [0.15, 0.2) is 0 Å². The Morgan fingerprint density at radius 2 is 1.86 bits per heavy atom. The Hall–Kier alpha value is -3.69. The number of amidine groups is 1. The van der Waals surface area contributed by atoms with Crippen molar-refractivity contribution in [3.63, 3.8) is 0 Å². The number of anilines is 1. The second kappa shape index (κ2) is 11.4. The van der Waals surface area contributed by atoms with Gasteiger partial charge in [-0.25, -0.2) is 9.78 Å². The molecule has 0 bridgehead atoms. The number of carbonyl (C=O) groups excluding carboxylic acids is 2. The predicted molar refractivity (Wildman–Crippen MR) is 138 cm³/mol. The van der Waals surface area contributed by atoms with E-state index < -0.39 is 17.7 Å². The number of amides is 2. The lowest BCUT2D eigenvalue weighted by Crippen LogP contribution is -2.37. The van der Waals surface area contributed by atoms with Crippen LogP contribution in [0, 0.1) is 5.41 Å². The molecule has 0 spiro atoms. The van der Waals surface area contributed by atoms with Crippen LogP contribution in [0.5, 0.6) is 0 Å². The van der Waals surface area contributed by atoms with Crippen LogP contribution in [0.25, 0.3) is 0 Å². The summed E-state index contributed by atoms with van der Waals surface area (Å²) < 4.78 is 6.67. The molecule has 36 heavy (non-hydrogen) atoms. The van der Waals surface area contributed by atoms with Crippen molar-refractivity contribution in [1.82, 2.24) is 20.2 Å². The van der Waals surface area contributed by atoms with Gasteiger partial charge in [0.2, 0.25) is 5.91 Å². The van der Waals surface area contributed by atoms with E-state index in [0.29, 0.717) is 29.9 Å². The molecular formula is C26H36N6O4. The standard InChI is InChI=1S/C26H36N6O4/c1-6-18(7-2)30-19-15-28-21-13-12-20(32(21)24(19)34)23(33)29-14-16-8-10-17(11-9-16)22(27)31-25(35)36-26(3,4)5/h8-11,15,18,20,30H,6-7,12-14H2,1-5H3,(H,29,33)(H2,27,31,35). The molecule has 1 aliphatic rings. The predicted octanol–water partition coefficient (Wildman–Crippen LogP) is 3.50. The summed E-state index contributed by atoms with van der Waals surface area (Å²) in [6.45, 7) is 9.64. The lowest BCUT2D eigenvalue weighted by atomic mass is 10.1. The molecule has 0 saturated heterocycles. The van der Waals surface area contributed by atoms with E-state index in [1.54, 1.807) is 51.2 Å². The number of ether oxygens (including phenoxy) is 1. The highest BCUT2D eigenvalue weighted by molar-refractivity contribution is 6.04. The number of carbonyl (C=O) groups is 2. The molecule has 3 rings (SSSR count). The van der Waals surface area contributed by atoms with Gasteiger partial charge in [-0.3, -0.25) is 24.9 Å². The number of nitrogens with one attached hydrogen (secondary N) is 4. The van der Waals surface area contributed by atoms with Crippen LogP contribution in [-0.2, 0) is 22.5 Å². The molecule has 2 heterocycles. The quantitative estimate of drug-likeness (QED) is 0.326. The van der Waals surface area contributed by atoms with Gasteiger partial charge in [-0.05, 0) is 45.6 Å². The molecule has 1 atom stereocenters. The van der Waals surface area contributed by atoms with Crippen molar-refractivity contribution in [2.45, 2.75) is 84.5 Å². The zero-order valence-electron chi connectivity index (χ0n) is 21.6. The van der Waals surface area contributed by atoms with Gasteiger partial charge in [0.25, 0.3) is 5.56 Å². The average molecular weight is 497 g/mol. The first-order chi connectivity index (χ1) is 17.0. The molecule has 1 aromatic carbocycles. The number of hydrogen-bond donors (Lipinski definition) is 4. The summed E-state index contributed by atoms with van der Waals surface area (Å²) in [6.07, 6.45) is 3.75. The number of aromatic nitrogens is 2. The van der Waals surface area contributed by atoms with E-state index in [-0.39, 0.29) is 29.9 Å². The van der Waals surface area contributed by atoms with Gasteiger partial charge in [-0.15, -0.1) is 0 Å². The molecule has 10 heteroatoms. The van der Waals surface area contributed by atoms with Gasteiger partial charge >= 0.3 is 6.09 Å². The van der Waals surface area contributed by atoms with Crippen molar-refractivity contribution in [3.8, 4) is 0 Å². The Balaban J connectivity index is 1.61. The lowest BCUT2D eigenvalue weighted by molar-refractivity contribution is -0.124. The topological polar surface area (TPSA) is 138 Å². The fourth-order valence-electron chi connectivity index (χ4n) is 4.04. The van der Waals surface area contributed by atoms with Crippen LogP contribution in [-0.4, -0.2) is 39.0 Å². The highest BCUT2D eigenvalue weighted by Gasteiger charge is 2.31. The number of aryl methyl sites for hydroxylation is 1. The molecule has 1 aromatic heterocycles. The van der Waals surface area contributed by atoms with Gasteiger partial charge in [0.05, 0.1) is 6.20 Å². The second-order valence-corrected chi connectivity index (χ2v) is 9.89. The van der Waals surface area contributed by atoms with E-state index >= 15 is 0 Å². The minimum Gasteiger partial charge on any atom is -0.444 e. The largest absolute Gasteiger partial charge is 0.444 e. The van der Waals surface area contributed by atoms with Gasteiger partial charge in [0, 0.05) is 24.6 Å². The summed E-state index contributed by atoms with van der Waals surface area (Å²) in [5.74, 6) is 0.309. The highest BCUT2D eigenvalue weighted by Crippen LogP contribution is 2.23. The number of rotatable bonds is 8. The Labute approximate surface area is 211 Å². The van der Waals surface area contributed by atoms with E-state index in [2.05, 4.69) is 34.8 Å². The Morgan fingerprint density at radius 1 is 1.19 bits per heavy atom. The molecule has 4 N–H and O–H groups in total. The van der Waals surface area contributed by atoms with Crippen molar-refractivity contribution < 1.29 is 14.3 Å². The van der Waals surface area contributed by atoms with Crippen LogP contribution >= 0.6 is 0 Å². The third-order valence-electron chi connectivity index (χ3n) is 6.01. The van der Waals surface area contributed by atoms with E-state index in [1.165, 1.54) is 4.57 Å². The van der Waals surface area contributed by atoms with Crippen molar-refractivity contribution >= 4 is 23.5 Å². The lowest BCUT2D eigenvalue weighted by Gasteiger charge is -2.20. The van der Waals surface area contributed by atoms with Crippen LogP contribution in [0.2, 0.25) is 0 Å². The summed E-state index contributed by atoms with van der Waals surface area (Å²) in [4.78, 5) is 42.4. The van der Waals surface area contributed by atoms with Crippen molar-refractivity contribution in [2.24, 2.45) is 0 Å². The zero-order valence-corrected chi connectivity index (χ0v) is 21.6. The maximum atomic E-state index is 13.1. The summed E-state index contributed by atoms with van der Waals surface area (Å²) in [7, 11) is 0. The summed E-state index contributed by atoms with van der Waals surface area (Å²) >= 11 is 0. The SMILES string of the molecule is CCC(CC)Nc1cnc2n(c1=O)C(C(=O)NCc1ccc(C(=N)NC(=O)OC(C)(C)C)cc1)CC2. The molecular weight excluding hydrogens is 460 g/mol. The van der Waals surface area contributed by atoms with Crippen LogP contribution in [0.4, 0.5) is 10.5 Å². The van der Waals surface area contributed by atoms with Crippen molar-refractivity contribution in [1.29, 1.82) is 5.41 Å². The van der Waals surface area contributed by atoms with Crippen molar-refractivity contribution in [3.05, 3.63) is 57.8 Å². The molecule has 0 saturated carbocycles. The fourth-order valence-corrected chi connectivity index (χ4v) is 4.04. The smallest absolute Gasteiger partial charge is 0.413 e. The molecule has 10 nitrogen and oxygen atoms in total. The molecule has 1 aliphatic heterocycles. The number of alkyl carbamates (subject to hydrolysis) is 1. The normalized spacial score (nSPS) is 14.8. The first-order valence-corrected chi connectivity index (χ1v) is 12.3. The Kier molecular flexibility index (Phi) is 8.49. The minimum atomic E-state index is -0.691. The van der Waals surface area contributed by atoms with Crippen molar-refractivity contribution in [2.75, 3.05) is 5.32 Å². The molecule has 194 valence electrons. The zero-order chi connectivity index (χ0) is 26.5. The highest BCUT2D eigenvalue weighted by atomic mass is 16.6. The maximum absolute atomic E-state index is 13.1. The van der Waals surface area contributed by atoms with Gasteiger partial charge in [-0.1, -0.05) is 38.1 Å². The molecule has 0 radical (unpaired) electrons. The van der Waals surface area contributed by atoms with E-state index in [0.717, 1.165) is 18.4 Å². The first-order valence-electron chi connectivity index (χ1n) is 12.3. The van der Waals surface area contributed by atoms with E-state index in [1.807, 2.05) is 0 Å². The molecule has 0 aliphatic carbocycles. The van der Waals surface area contributed by atoms with Gasteiger partial charge < -0.3 is 15.4 Å². The molecule has 2 amide bonds. The van der Waals surface area contributed by atoms with Crippen LogP contribution in [0.1, 0.15) is 76.9 Å². The average Bonchev–Trinajstić information content (AvgIpc) is 3.26. The van der Waals surface area contributed by atoms with Gasteiger partial charge in [0.1, 0.15) is 29.0 Å². The van der Waals surface area contributed by atoms with E-state index in [9.17, 15) is 14.4 Å². The summed E-state index contributed by atoms with van der Waals surface area (Å²) in [6, 6.07) is 6.50. The summed E-state index contributed by atoms with van der Waals surface area (Å²) in [5, 5.41) is 16.6. The number of nitrogens with zero attached hydrogens (tertiary/aromatic N) is 2. The van der Waals surface area contributed by atoms with Crippen LogP contribution in [0.15, 0.2) is 35.3 Å². The van der Waals surface area contributed by atoms with Crippen LogP contribution in [0.3, 0.4) is 0 Å². The molecule has 1 unspecified atom stereocenters. The monoisotopic (exact) mass is 496 g/mol. The van der Waals surface area contributed by atoms with Crippen LogP contribution < -0.4 is 21.5 Å². The summed E-state index contributed by atoms with van der Waals surface area (Å²) in [5.41, 5.74) is 0.884. The van der Waals surface area contributed by atoms with E-state index in [4.69, 9.17) is 10.1 Å². The third-order valence-corrected chi connectivity index (χ3v) is 6.01. The Morgan fingerprint density at radius 3 is 2.47 bits per heavy atom. The minimum absolute atomic E-state index is 0.0768.